The first-order valence-electron chi connectivity index (χ1n) is 6.45. The van der Waals surface area contributed by atoms with Crippen LogP contribution in [0.1, 0.15) is 18.4 Å². The minimum atomic E-state index is -1.20. The lowest BCUT2D eigenvalue weighted by atomic mass is 9.82. The first-order chi connectivity index (χ1) is 9.58. The summed E-state index contributed by atoms with van der Waals surface area (Å²) >= 11 is 5.91. The van der Waals surface area contributed by atoms with Gasteiger partial charge in [0, 0.05) is 23.5 Å². The molecule has 2 atom stereocenters. The average molecular weight is 293 g/mol. The van der Waals surface area contributed by atoms with Crippen molar-refractivity contribution in [2.45, 2.75) is 19.4 Å². The number of benzene rings is 1. The van der Waals surface area contributed by atoms with E-state index in [4.69, 9.17) is 11.6 Å². The van der Waals surface area contributed by atoms with Crippen LogP contribution in [0.25, 0.3) is 0 Å². The lowest BCUT2D eigenvalue weighted by Gasteiger charge is -2.29. The normalized spacial score (nSPS) is 21.9. The molecule has 0 bridgehead atoms. The predicted molar refractivity (Wildman–Crippen MR) is 73.4 cm³/mol. The fourth-order valence-corrected chi connectivity index (χ4v) is 2.56. The molecule has 106 valence electrons. The first-order valence-corrected chi connectivity index (χ1v) is 6.82. The van der Waals surface area contributed by atoms with Gasteiger partial charge in [0.05, 0.1) is 5.92 Å². The van der Waals surface area contributed by atoms with Crippen molar-refractivity contribution in [3.63, 3.8) is 0 Å². The Hall–Kier alpha value is -1.81. The largest absolute Gasteiger partial charge is 0.550 e. The molecule has 0 spiro atoms. The van der Waals surface area contributed by atoms with Crippen molar-refractivity contribution in [2.75, 3.05) is 0 Å². The number of rotatable bonds is 4. The van der Waals surface area contributed by atoms with E-state index in [2.05, 4.69) is 5.32 Å². The molecule has 1 aliphatic carbocycles. The second kappa shape index (κ2) is 6.57. The number of carbonyl (C=O) groups excluding carboxylic acids is 2. The molecule has 1 amide bonds. The molecule has 0 saturated heterocycles. The lowest BCUT2D eigenvalue weighted by molar-refractivity contribution is -0.313. The van der Waals surface area contributed by atoms with E-state index in [1.165, 1.54) is 0 Å². The van der Waals surface area contributed by atoms with Crippen LogP contribution in [0.5, 0.6) is 0 Å². The quantitative estimate of drug-likeness (QED) is 0.906. The first kappa shape index (κ1) is 14.6. The molecule has 4 nitrogen and oxygen atoms in total. The third kappa shape index (κ3) is 3.61. The molecule has 0 heterocycles. The van der Waals surface area contributed by atoms with Gasteiger partial charge in [-0.1, -0.05) is 48.0 Å². The Morgan fingerprint density at radius 2 is 1.95 bits per heavy atom. The standard InChI is InChI=1S/C15H16ClNO3/c16-11-6-7-12(15(19)20)13(8-11)14(18)17-9-10-4-2-1-3-5-10/h1-6,12-13H,7-9H2,(H,17,18)(H,19,20)/p-1/t12-,13+/m0/s1. The van der Waals surface area contributed by atoms with Crippen LogP contribution in [0.15, 0.2) is 41.4 Å². The zero-order valence-electron chi connectivity index (χ0n) is 10.8. The Labute approximate surface area is 122 Å². The fraction of sp³-hybridized carbons (Fsp3) is 0.333. The fourth-order valence-electron chi connectivity index (χ4n) is 2.31. The summed E-state index contributed by atoms with van der Waals surface area (Å²) in [6.07, 6.45) is 2.13. The highest BCUT2D eigenvalue weighted by Crippen LogP contribution is 2.31. The second-order valence-electron chi connectivity index (χ2n) is 4.83. The minimum absolute atomic E-state index is 0.241. The van der Waals surface area contributed by atoms with Crippen molar-refractivity contribution in [2.24, 2.45) is 11.8 Å². The highest BCUT2D eigenvalue weighted by molar-refractivity contribution is 6.29. The summed E-state index contributed by atoms with van der Waals surface area (Å²) in [5.74, 6) is -2.98. The predicted octanol–water partition coefficient (Wildman–Crippen LogP) is 1.20. The maximum absolute atomic E-state index is 12.1. The number of hydrogen-bond donors (Lipinski definition) is 1. The van der Waals surface area contributed by atoms with Crippen LogP contribution in [-0.4, -0.2) is 11.9 Å². The van der Waals surface area contributed by atoms with Crippen LogP contribution in [0.2, 0.25) is 0 Å². The number of carboxylic acid groups (broad SMARTS) is 1. The van der Waals surface area contributed by atoms with Gasteiger partial charge in [0.15, 0.2) is 0 Å². The molecule has 1 N–H and O–H groups in total. The summed E-state index contributed by atoms with van der Waals surface area (Å²) < 4.78 is 0. The molecule has 0 unspecified atom stereocenters. The topological polar surface area (TPSA) is 69.2 Å². The molecular weight excluding hydrogens is 278 g/mol. The van der Waals surface area contributed by atoms with Gasteiger partial charge in [0.2, 0.25) is 5.91 Å². The van der Waals surface area contributed by atoms with Crippen LogP contribution in [0.3, 0.4) is 0 Å². The Morgan fingerprint density at radius 1 is 1.25 bits per heavy atom. The molecule has 1 aromatic carbocycles. The van der Waals surface area contributed by atoms with E-state index in [9.17, 15) is 14.7 Å². The van der Waals surface area contributed by atoms with Crippen molar-refractivity contribution >= 4 is 23.5 Å². The van der Waals surface area contributed by atoms with Gasteiger partial charge >= 0.3 is 0 Å². The van der Waals surface area contributed by atoms with Crippen LogP contribution >= 0.6 is 11.6 Å². The van der Waals surface area contributed by atoms with Gasteiger partial charge in [0.1, 0.15) is 0 Å². The Morgan fingerprint density at radius 3 is 2.60 bits per heavy atom. The summed E-state index contributed by atoms with van der Waals surface area (Å²) in [6.45, 7) is 0.372. The van der Waals surface area contributed by atoms with Crippen molar-refractivity contribution in [3.05, 3.63) is 47.0 Å². The zero-order valence-corrected chi connectivity index (χ0v) is 11.6. The number of aliphatic carboxylic acids is 1. The molecule has 20 heavy (non-hydrogen) atoms. The number of carboxylic acids is 1. The van der Waals surface area contributed by atoms with E-state index in [1.54, 1.807) is 6.08 Å². The van der Waals surface area contributed by atoms with E-state index in [0.29, 0.717) is 11.6 Å². The minimum Gasteiger partial charge on any atom is -0.550 e. The van der Waals surface area contributed by atoms with Crippen molar-refractivity contribution in [1.29, 1.82) is 0 Å². The monoisotopic (exact) mass is 292 g/mol. The lowest BCUT2D eigenvalue weighted by Crippen LogP contribution is -2.43. The molecule has 5 heteroatoms. The third-order valence-corrected chi connectivity index (χ3v) is 3.75. The highest BCUT2D eigenvalue weighted by atomic mass is 35.5. The molecule has 2 rings (SSSR count). The molecule has 0 fully saturated rings. The Balaban J connectivity index is 2.00. The van der Waals surface area contributed by atoms with Crippen molar-refractivity contribution in [3.8, 4) is 0 Å². The maximum Gasteiger partial charge on any atom is 0.224 e. The molecule has 1 aliphatic rings. The molecular formula is C15H15ClNO3-. The highest BCUT2D eigenvalue weighted by Gasteiger charge is 2.31. The second-order valence-corrected chi connectivity index (χ2v) is 5.31. The van der Waals surface area contributed by atoms with Crippen LogP contribution in [0, 0.1) is 11.8 Å². The number of amides is 1. The van der Waals surface area contributed by atoms with Gasteiger partial charge in [-0.05, 0) is 18.4 Å². The van der Waals surface area contributed by atoms with Crippen molar-refractivity contribution < 1.29 is 14.7 Å². The number of allylic oxidation sites excluding steroid dienone is 2. The van der Waals surface area contributed by atoms with E-state index in [-0.39, 0.29) is 18.7 Å². The number of halogens is 1. The molecule has 0 aromatic heterocycles. The molecule has 0 saturated carbocycles. The smallest absolute Gasteiger partial charge is 0.224 e. The Kier molecular flexibility index (Phi) is 4.79. The third-order valence-electron chi connectivity index (χ3n) is 3.44. The number of nitrogens with one attached hydrogen (secondary N) is 1. The summed E-state index contributed by atoms with van der Waals surface area (Å²) in [7, 11) is 0. The van der Waals surface area contributed by atoms with Gasteiger partial charge in [-0.15, -0.1) is 0 Å². The SMILES string of the molecule is O=C([O-])[C@H]1CC=C(Cl)C[C@H]1C(=O)NCc1ccccc1. The van der Waals surface area contributed by atoms with Gasteiger partial charge < -0.3 is 15.2 Å². The van der Waals surface area contributed by atoms with Gasteiger partial charge in [-0.3, -0.25) is 4.79 Å². The van der Waals surface area contributed by atoms with Crippen LogP contribution < -0.4 is 10.4 Å². The zero-order chi connectivity index (χ0) is 14.5. The maximum atomic E-state index is 12.1. The van der Waals surface area contributed by atoms with Gasteiger partial charge in [-0.2, -0.15) is 0 Å². The van der Waals surface area contributed by atoms with E-state index >= 15 is 0 Å². The summed E-state index contributed by atoms with van der Waals surface area (Å²) in [5, 5.41) is 14.4. The number of hydrogen-bond acceptors (Lipinski definition) is 3. The number of carbonyl (C=O) groups is 2. The van der Waals surface area contributed by atoms with Crippen molar-refractivity contribution in [1.82, 2.24) is 5.32 Å². The van der Waals surface area contributed by atoms with E-state index < -0.39 is 17.8 Å². The summed E-state index contributed by atoms with van der Waals surface area (Å²) in [6, 6.07) is 9.44. The summed E-state index contributed by atoms with van der Waals surface area (Å²) in [5.41, 5.74) is 0.961. The van der Waals surface area contributed by atoms with Crippen LogP contribution in [0.4, 0.5) is 0 Å². The van der Waals surface area contributed by atoms with E-state index in [0.717, 1.165) is 5.56 Å². The molecule has 0 aliphatic heterocycles. The Bertz CT molecular complexity index is 527. The molecule has 0 radical (unpaired) electrons. The average Bonchev–Trinajstić information content (AvgIpc) is 2.45. The van der Waals surface area contributed by atoms with Gasteiger partial charge in [0.25, 0.3) is 0 Å². The molecule has 1 aromatic rings. The summed E-state index contributed by atoms with van der Waals surface area (Å²) in [4.78, 5) is 23.2. The van der Waals surface area contributed by atoms with Gasteiger partial charge in [-0.25, -0.2) is 0 Å². The van der Waals surface area contributed by atoms with E-state index in [1.807, 2.05) is 30.3 Å². The van der Waals surface area contributed by atoms with Crippen LogP contribution in [-0.2, 0) is 16.1 Å².